The standard InChI is InChI=1S/C20H18N2O6/c1-26-8-7-21-11-16-17(27-12-21)6-5-15-19(23)18(28-20(15)16)10-13-3-2-4-14(9-13)22(24)25/h2-6,9-10H,7-8,11-12H2,1H3/b18-10-. The third-order valence-electron chi connectivity index (χ3n) is 4.67. The van der Waals surface area contributed by atoms with Crippen LogP contribution in [0.2, 0.25) is 0 Å². The van der Waals surface area contributed by atoms with E-state index in [9.17, 15) is 14.9 Å². The average molecular weight is 382 g/mol. The number of benzene rings is 2. The minimum atomic E-state index is -0.476. The number of nitro benzene ring substituents is 1. The molecule has 0 bridgehead atoms. The second kappa shape index (κ2) is 7.41. The number of nitro groups is 1. The highest BCUT2D eigenvalue weighted by Gasteiger charge is 2.33. The van der Waals surface area contributed by atoms with Crippen LogP contribution in [0, 0.1) is 10.1 Å². The summed E-state index contributed by atoms with van der Waals surface area (Å²) in [5.41, 5.74) is 1.76. The predicted molar refractivity (Wildman–Crippen MR) is 100 cm³/mol. The van der Waals surface area contributed by atoms with Gasteiger partial charge < -0.3 is 14.2 Å². The van der Waals surface area contributed by atoms with E-state index in [2.05, 4.69) is 4.90 Å². The Hall–Kier alpha value is -3.23. The zero-order valence-corrected chi connectivity index (χ0v) is 15.2. The largest absolute Gasteiger partial charge is 0.478 e. The van der Waals surface area contributed by atoms with Crippen LogP contribution in [0.4, 0.5) is 5.69 Å². The van der Waals surface area contributed by atoms with Crippen molar-refractivity contribution >= 4 is 17.5 Å². The van der Waals surface area contributed by atoms with Crippen molar-refractivity contribution in [3.05, 3.63) is 69.0 Å². The minimum Gasteiger partial charge on any atom is -0.478 e. The maximum atomic E-state index is 12.8. The first-order chi connectivity index (χ1) is 13.6. The Labute approximate surface area is 161 Å². The molecule has 0 atom stereocenters. The van der Waals surface area contributed by atoms with E-state index in [1.54, 1.807) is 31.4 Å². The SMILES string of the molecule is COCCN1COc2ccc3c(c2C1)O/C(=C\c1cccc([N+](=O)[O-])c1)C3=O. The van der Waals surface area contributed by atoms with Crippen LogP contribution in [0.5, 0.6) is 11.5 Å². The Balaban J connectivity index is 1.64. The Kier molecular flexibility index (Phi) is 4.81. The average Bonchev–Trinajstić information content (AvgIpc) is 3.02. The normalized spacial score (nSPS) is 17.0. The molecule has 8 heteroatoms. The zero-order valence-electron chi connectivity index (χ0n) is 15.2. The quantitative estimate of drug-likeness (QED) is 0.446. The summed E-state index contributed by atoms with van der Waals surface area (Å²) in [5, 5.41) is 11.0. The lowest BCUT2D eigenvalue weighted by atomic mass is 10.0. The first-order valence-corrected chi connectivity index (χ1v) is 8.75. The van der Waals surface area contributed by atoms with Gasteiger partial charge in [-0.3, -0.25) is 19.8 Å². The smallest absolute Gasteiger partial charge is 0.270 e. The topological polar surface area (TPSA) is 91.1 Å². The highest BCUT2D eigenvalue weighted by Crippen LogP contribution is 2.42. The van der Waals surface area contributed by atoms with Gasteiger partial charge in [0.05, 0.1) is 22.7 Å². The molecule has 0 aromatic heterocycles. The molecule has 2 aromatic carbocycles. The predicted octanol–water partition coefficient (Wildman–Crippen LogP) is 3.01. The van der Waals surface area contributed by atoms with Crippen LogP contribution in [-0.2, 0) is 11.3 Å². The second-order valence-corrected chi connectivity index (χ2v) is 6.53. The summed E-state index contributed by atoms with van der Waals surface area (Å²) >= 11 is 0. The molecule has 2 aromatic rings. The lowest BCUT2D eigenvalue weighted by Crippen LogP contribution is -2.34. The molecule has 0 fully saturated rings. The van der Waals surface area contributed by atoms with Crippen LogP contribution in [0.1, 0.15) is 21.5 Å². The van der Waals surface area contributed by atoms with Crippen LogP contribution < -0.4 is 9.47 Å². The first kappa shape index (κ1) is 18.1. The molecule has 0 unspecified atom stereocenters. The molecular formula is C20H18N2O6. The minimum absolute atomic E-state index is 0.0446. The highest BCUT2D eigenvalue weighted by atomic mass is 16.6. The van der Waals surface area contributed by atoms with Gasteiger partial charge in [0.1, 0.15) is 18.2 Å². The Morgan fingerprint density at radius 1 is 1.32 bits per heavy atom. The van der Waals surface area contributed by atoms with Crippen molar-refractivity contribution in [3.63, 3.8) is 0 Å². The van der Waals surface area contributed by atoms with E-state index >= 15 is 0 Å². The fourth-order valence-electron chi connectivity index (χ4n) is 3.25. The monoisotopic (exact) mass is 382 g/mol. The van der Waals surface area contributed by atoms with Crippen molar-refractivity contribution in [2.75, 3.05) is 27.0 Å². The number of nitrogens with zero attached hydrogens (tertiary/aromatic N) is 2. The molecule has 28 heavy (non-hydrogen) atoms. The van der Waals surface area contributed by atoms with Crippen molar-refractivity contribution in [2.45, 2.75) is 6.54 Å². The maximum Gasteiger partial charge on any atom is 0.270 e. The number of carbonyl (C=O) groups excluding carboxylic acids is 1. The summed E-state index contributed by atoms with van der Waals surface area (Å²) < 4.78 is 16.8. The lowest BCUT2D eigenvalue weighted by molar-refractivity contribution is -0.384. The van der Waals surface area contributed by atoms with E-state index in [0.717, 1.165) is 5.56 Å². The first-order valence-electron chi connectivity index (χ1n) is 8.75. The fourth-order valence-corrected chi connectivity index (χ4v) is 3.25. The summed E-state index contributed by atoms with van der Waals surface area (Å²) in [5.74, 6) is 1.06. The molecule has 2 aliphatic rings. The van der Waals surface area contributed by atoms with Gasteiger partial charge in [0, 0.05) is 32.3 Å². The summed E-state index contributed by atoms with van der Waals surface area (Å²) in [6, 6.07) is 9.52. The van der Waals surface area contributed by atoms with Crippen LogP contribution in [0.15, 0.2) is 42.2 Å². The molecule has 2 aliphatic heterocycles. The van der Waals surface area contributed by atoms with Gasteiger partial charge in [-0.15, -0.1) is 0 Å². The van der Waals surface area contributed by atoms with Gasteiger partial charge in [0.25, 0.3) is 5.69 Å². The van der Waals surface area contributed by atoms with Crippen molar-refractivity contribution in [1.29, 1.82) is 0 Å². The number of hydrogen-bond donors (Lipinski definition) is 0. The molecule has 0 amide bonds. The van der Waals surface area contributed by atoms with E-state index in [1.165, 1.54) is 18.2 Å². The van der Waals surface area contributed by atoms with E-state index in [4.69, 9.17) is 14.2 Å². The maximum absolute atomic E-state index is 12.8. The van der Waals surface area contributed by atoms with Crippen LogP contribution >= 0.6 is 0 Å². The third kappa shape index (κ3) is 3.35. The van der Waals surface area contributed by atoms with Crippen LogP contribution in [0.3, 0.4) is 0 Å². The number of methoxy groups -OCH3 is 1. The number of fused-ring (bicyclic) bond motifs is 3. The molecule has 0 N–H and O–H groups in total. The molecular weight excluding hydrogens is 364 g/mol. The molecule has 0 radical (unpaired) electrons. The number of ketones is 1. The molecule has 0 aliphatic carbocycles. The Bertz CT molecular complexity index is 985. The van der Waals surface area contributed by atoms with Crippen molar-refractivity contribution in [3.8, 4) is 11.5 Å². The fraction of sp³-hybridized carbons (Fsp3) is 0.250. The second-order valence-electron chi connectivity index (χ2n) is 6.53. The van der Waals surface area contributed by atoms with Gasteiger partial charge in [0.2, 0.25) is 5.78 Å². The van der Waals surface area contributed by atoms with Gasteiger partial charge in [-0.2, -0.15) is 0 Å². The number of hydrogen-bond acceptors (Lipinski definition) is 7. The summed E-state index contributed by atoms with van der Waals surface area (Å²) in [6.07, 6.45) is 1.52. The molecule has 0 spiro atoms. The van der Waals surface area contributed by atoms with Gasteiger partial charge >= 0.3 is 0 Å². The summed E-state index contributed by atoms with van der Waals surface area (Å²) in [7, 11) is 1.64. The number of rotatable bonds is 5. The lowest BCUT2D eigenvalue weighted by Gasteiger charge is -2.29. The Morgan fingerprint density at radius 3 is 2.96 bits per heavy atom. The van der Waals surface area contributed by atoms with Crippen molar-refractivity contribution < 1.29 is 23.9 Å². The molecule has 4 rings (SSSR count). The van der Waals surface area contributed by atoms with E-state index in [-0.39, 0.29) is 17.2 Å². The number of carbonyl (C=O) groups is 1. The van der Waals surface area contributed by atoms with Gasteiger partial charge in [-0.25, -0.2) is 0 Å². The van der Waals surface area contributed by atoms with Crippen molar-refractivity contribution in [1.82, 2.24) is 4.90 Å². The van der Waals surface area contributed by atoms with Gasteiger partial charge in [-0.1, -0.05) is 12.1 Å². The number of allylic oxidation sites excluding steroid dienone is 1. The third-order valence-corrected chi connectivity index (χ3v) is 4.67. The molecule has 8 nitrogen and oxygen atoms in total. The van der Waals surface area contributed by atoms with E-state index in [0.29, 0.717) is 49.1 Å². The molecule has 0 saturated heterocycles. The number of Topliss-reactive ketones (excluding diaryl/α,β-unsaturated/α-hetero) is 1. The summed E-state index contributed by atoms with van der Waals surface area (Å²) in [4.78, 5) is 25.3. The Morgan fingerprint density at radius 2 is 2.18 bits per heavy atom. The van der Waals surface area contributed by atoms with Crippen LogP contribution in [0.25, 0.3) is 6.08 Å². The van der Waals surface area contributed by atoms with Gasteiger partial charge in [-0.05, 0) is 23.8 Å². The van der Waals surface area contributed by atoms with Crippen molar-refractivity contribution in [2.24, 2.45) is 0 Å². The van der Waals surface area contributed by atoms with Gasteiger partial charge in [0.15, 0.2) is 5.76 Å². The molecule has 144 valence electrons. The van der Waals surface area contributed by atoms with E-state index in [1.807, 2.05) is 0 Å². The van der Waals surface area contributed by atoms with E-state index < -0.39 is 4.92 Å². The molecule has 0 saturated carbocycles. The number of non-ortho nitro benzene ring substituents is 1. The number of ether oxygens (including phenoxy) is 3. The summed E-state index contributed by atoms with van der Waals surface area (Å²) in [6.45, 7) is 2.30. The zero-order chi connectivity index (χ0) is 19.7. The van der Waals surface area contributed by atoms with Crippen LogP contribution in [-0.4, -0.2) is 42.6 Å². The highest BCUT2D eigenvalue weighted by molar-refractivity contribution is 6.15. The molecule has 2 heterocycles.